The van der Waals surface area contributed by atoms with Gasteiger partial charge in [0.15, 0.2) is 0 Å². The minimum Gasteiger partial charge on any atom is -0.302 e. The summed E-state index contributed by atoms with van der Waals surface area (Å²) in [6.07, 6.45) is 2.09. The van der Waals surface area contributed by atoms with Gasteiger partial charge in [0.05, 0.1) is 16.3 Å². The minimum absolute atomic E-state index is 0.0351. The Kier molecular flexibility index (Phi) is 4.64. The van der Waals surface area contributed by atoms with Crippen LogP contribution in [0.3, 0.4) is 0 Å². The van der Waals surface area contributed by atoms with Crippen LogP contribution in [0, 0.1) is 13.8 Å². The summed E-state index contributed by atoms with van der Waals surface area (Å²) in [4.78, 5) is 14.7. The molecule has 120 valence electrons. The van der Waals surface area contributed by atoms with Crippen LogP contribution in [0.4, 0.5) is 0 Å². The van der Waals surface area contributed by atoms with E-state index in [0.717, 1.165) is 38.8 Å². The third-order valence-corrected chi connectivity index (χ3v) is 5.73. The second-order valence-electron chi connectivity index (χ2n) is 5.48. The van der Waals surface area contributed by atoms with Crippen molar-refractivity contribution in [3.8, 4) is 0 Å². The molecule has 1 aliphatic rings. The Bertz CT molecular complexity index is 797. The van der Waals surface area contributed by atoms with Crippen LogP contribution in [0.25, 0.3) is 6.08 Å². The van der Waals surface area contributed by atoms with Crippen LogP contribution in [0.15, 0.2) is 33.8 Å². The van der Waals surface area contributed by atoms with Crippen LogP contribution >= 0.6 is 27.7 Å². The summed E-state index contributed by atoms with van der Waals surface area (Å²) in [5, 5.41) is 5.44. The third kappa shape index (κ3) is 3.10. The number of benzene rings is 1. The van der Waals surface area contributed by atoms with Gasteiger partial charge in [-0.2, -0.15) is 5.10 Å². The largest absolute Gasteiger partial charge is 0.302 e. The molecule has 2 heterocycles. The van der Waals surface area contributed by atoms with E-state index in [9.17, 15) is 4.79 Å². The lowest BCUT2D eigenvalue weighted by Crippen LogP contribution is -2.27. The maximum atomic E-state index is 12.9. The Morgan fingerprint density at radius 1 is 1.35 bits per heavy atom. The molecule has 0 N–H and O–H groups in total. The molecule has 1 aliphatic heterocycles. The third-order valence-electron chi connectivity index (χ3n) is 4.01. The number of thioether (sulfide) groups is 1. The van der Waals surface area contributed by atoms with E-state index in [2.05, 4.69) is 27.1 Å². The topological polar surface area (TPSA) is 38.1 Å². The minimum atomic E-state index is 0.0351. The summed E-state index contributed by atoms with van der Waals surface area (Å²) in [6, 6.07) is 7.56. The highest BCUT2D eigenvalue weighted by atomic mass is 79.9. The summed E-state index contributed by atoms with van der Waals surface area (Å²) >= 11 is 5.18. The maximum absolute atomic E-state index is 12.9. The number of hydrogen-bond acceptors (Lipinski definition) is 3. The molecule has 0 unspecified atom stereocenters. The van der Waals surface area contributed by atoms with Crippen molar-refractivity contribution in [2.45, 2.75) is 13.8 Å². The van der Waals surface area contributed by atoms with Crippen molar-refractivity contribution in [2.24, 2.45) is 7.05 Å². The number of amides is 1. The van der Waals surface area contributed by atoms with Crippen molar-refractivity contribution in [2.75, 3.05) is 12.3 Å². The van der Waals surface area contributed by atoms with Gasteiger partial charge in [0.25, 0.3) is 5.91 Å². The fourth-order valence-corrected chi connectivity index (χ4v) is 4.12. The highest BCUT2D eigenvalue weighted by molar-refractivity contribution is 9.10. The van der Waals surface area contributed by atoms with Gasteiger partial charge in [0, 0.05) is 35.1 Å². The van der Waals surface area contributed by atoms with E-state index < -0.39 is 0 Å². The zero-order valence-electron chi connectivity index (χ0n) is 13.3. The Morgan fingerprint density at radius 3 is 2.74 bits per heavy atom. The first-order valence-corrected chi connectivity index (χ1v) is 9.18. The Labute approximate surface area is 148 Å². The zero-order chi connectivity index (χ0) is 16.6. The number of halogens is 1. The van der Waals surface area contributed by atoms with E-state index >= 15 is 0 Å². The molecule has 2 aromatic rings. The van der Waals surface area contributed by atoms with Crippen molar-refractivity contribution >= 4 is 39.7 Å². The molecule has 6 heteroatoms. The van der Waals surface area contributed by atoms with E-state index in [4.69, 9.17) is 0 Å². The number of hydrogen-bond donors (Lipinski definition) is 0. The van der Waals surface area contributed by atoms with Gasteiger partial charge < -0.3 is 4.90 Å². The molecule has 1 saturated heterocycles. The fraction of sp³-hybridized carbons (Fsp3) is 0.294. The standard InChI is InChI=1S/C17H18BrN3OS/c1-11-14(12(2)20(3)19-11)10-16-21(8-9-23-16)17(22)13-6-4-5-7-15(13)18/h4-7,10H,8-9H2,1-3H3/b16-10+. The van der Waals surface area contributed by atoms with Crippen LogP contribution in [0.1, 0.15) is 27.3 Å². The molecule has 1 fully saturated rings. The lowest BCUT2D eigenvalue weighted by Gasteiger charge is -2.18. The van der Waals surface area contributed by atoms with Crippen molar-refractivity contribution < 1.29 is 4.79 Å². The van der Waals surface area contributed by atoms with Gasteiger partial charge in [-0.25, -0.2) is 0 Å². The average Bonchev–Trinajstić information content (AvgIpc) is 3.08. The molecule has 23 heavy (non-hydrogen) atoms. The molecule has 3 rings (SSSR count). The van der Waals surface area contributed by atoms with Gasteiger partial charge >= 0.3 is 0 Å². The zero-order valence-corrected chi connectivity index (χ0v) is 15.7. The van der Waals surface area contributed by atoms with Crippen molar-refractivity contribution in [3.63, 3.8) is 0 Å². The molecule has 0 aliphatic carbocycles. The Morgan fingerprint density at radius 2 is 2.09 bits per heavy atom. The van der Waals surface area contributed by atoms with Gasteiger partial charge in [-0.3, -0.25) is 9.48 Å². The lowest BCUT2D eigenvalue weighted by atomic mass is 10.2. The van der Waals surface area contributed by atoms with E-state index in [1.807, 2.05) is 54.7 Å². The molecular weight excluding hydrogens is 374 g/mol. The average molecular weight is 392 g/mol. The number of nitrogens with zero attached hydrogens (tertiary/aromatic N) is 3. The van der Waals surface area contributed by atoms with E-state index in [-0.39, 0.29) is 5.91 Å². The van der Waals surface area contributed by atoms with Crippen LogP contribution in [-0.4, -0.2) is 32.9 Å². The second-order valence-corrected chi connectivity index (χ2v) is 7.45. The first kappa shape index (κ1) is 16.3. The van der Waals surface area contributed by atoms with E-state index in [0.29, 0.717) is 5.56 Å². The van der Waals surface area contributed by atoms with E-state index in [1.54, 1.807) is 11.8 Å². The summed E-state index contributed by atoms with van der Waals surface area (Å²) in [7, 11) is 1.94. The van der Waals surface area contributed by atoms with Crippen molar-refractivity contribution in [1.82, 2.24) is 14.7 Å². The summed E-state index contributed by atoms with van der Waals surface area (Å²) in [6.45, 7) is 4.78. The summed E-state index contributed by atoms with van der Waals surface area (Å²) in [5.74, 6) is 0.952. The molecule has 0 spiro atoms. The highest BCUT2D eigenvalue weighted by Crippen LogP contribution is 2.33. The molecule has 0 saturated carbocycles. The number of carbonyl (C=O) groups excluding carboxylic acids is 1. The van der Waals surface area contributed by atoms with Gasteiger partial charge in [0.2, 0.25) is 0 Å². The molecule has 4 nitrogen and oxygen atoms in total. The molecule has 0 radical (unpaired) electrons. The highest BCUT2D eigenvalue weighted by Gasteiger charge is 2.27. The number of aromatic nitrogens is 2. The number of rotatable bonds is 2. The van der Waals surface area contributed by atoms with Gasteiger partial charge in [-0.1, -0.05) is 12.1 Å². The second kappa shape index (κ2) is 6.53. The first-order chi connectivity index (χ1) is 11.0. The fourth-order valence-electron chi connectivity index (χ4n) is 2.65. The van der Waals surface area contributed by atoms with Gasteiger partial charge in [0.1, 0.15) is 0 Å². The van der Waals surface area contributed by atoms with Crippen LogP contribution in [0.5, 0.6) is 0 Å². The van der Waals surface area contributed by atoms with Crippen LogP contribution in [0.2, 0.25) is 0 Å². The van der Waals surface area contributed by atoms with Gasteiger partial charge in [-0.15, -0.1) is 11.8 Å². The smallest absolute Gasteiger partial charge is 0.259 e. The predicted octanol–water partition coefficient (Wildman–Crippen LogP) is 3.99. The van der Waals surface area contributed by atoms with Gasteiger partial charge in [-0.05, 0) is 48.0 Å². The first-order valence-electron chi connectivity index (χ1n) is 7.40. The molecule has 0 bridgehead atoms. The molecule has 1 amide bonds. The number of aryl methyl sites for hydroxylation is 2. The predicted molar refractivity (Wildman–Crippen MR) is 98.3 cm³/mol. The Balaban J connectivity index is 1.96. The van der Waals surface area contributed by atoms with E-state index in [1.165, 1.54) is 0 Å². The molecule has 0 atom stereocenters. The molecular formula is C17H18BrN3OS. The van der Waals surface area contributed by atoms with Crippen molar-refractivity contribution in [3.05, 3.63) is 56.3 Å². The SMILES string of the molecule is Cc1nn(C)c(C)c1/C=C1/SCCN1C(=O)c1ccccc1Br. The van der Waals surface area contributed by atoms with Crippen LogP contribution < -0.4 is 0 Å². The monoisotopic (exact) mass is 391 g/mol. The number of carbonyl (C=O) groups is 1. The van der Waals surface area contributed by atoms with Crippen molar-refractivity contribution in [1.29, 1.82) is 0 Å². The lowest BCUT2D eigenvalue weighted by molar-refractivity contribution is 0.0830. The summed E-state index contributed by atoms with van der Waals surface area (Å²) < 4.78 is 2.70. The maximum Gasteiger partial charge on any atom is 0.259 e. The quantitative estimate of drug-likeness (QED) is 0.776. The summed E-state index contributed by atoms with van der Waals surface area (Å²) in [5.41, 5.74) is 3.89. The molecule has 1 aromatic heterocycles. The Hall–Kier alpha value is -1.53. The van der Waals surface area contributed by atoms with Crippen LogP contribution in [-0.2, 0) is 7.05 Å². The normalized spacial score (nSPS) is 16.3. The molecule has 1 aromatic carbocycles.